The van der Waals surface area contributed by atoms with E-state index >= 15 is 0 Å². The predicted molar refractivity (Wildman–Crippen MR) is 161 cm³/mol. The third kappa shape index (κ3) is 6.43. The van der Waals surface area contributed by atoms with Crippen LogP contribution in [0.25, 0.3) is 17.0 Å². The van der Waals surface area contributed by atoms with Gasteiger partial charge in [-0.2, -0.15) is 0 Å². The number of carbonyl (C=O) groups excluding carboxylic acids is 2. The van der Waals surface area contributed by atoms with E-state index in [1.54, 1.807) is 20.3 Å². The number of carbonyl (C=O) groups is 2. The zero-order chi connectivity index (χ0) is 30.2. The summed E-state index contributed by atoms with van der Waals surface area (Å²) in [6.45, 7) is 0.321. The molecule has 10 heteroatoms. The molecule has 42 heavy (non-hydrogen) atoms. The molecule has 0 aliphatic carbocycles. The van der Waals surface area contributed by atoms with Gasteiger partial charge in [0.25, 0.3) is 11.8 Å². The van der Waals surface area contributed by atoms with Crippen LogP contribution in [0.3, 0.4) is 0 Å². The third-order valence-electron chi connectivity index (χ3n) is 6.79. The Kier molecular flexibility index (Phi) is 9.59. The number of ether oxygens (including phenoxy) is 5. The van der Waals surface area contributed by atoms with Gasteiger partial charge < -0.3 is 38.9 Å². The largest absolute Gasteiger partial charge is 0.493 e. The molecule has 0 atom stereocenters. The minimum absolute atomic E-state index is 0.0809. The Morgan fingerprint density at radius 1 is 0.810 bits per heavy atom. The maximum Gasteiger partial charge on any atom is 0.267 e. The zero-order valence-electron chi connectivity index (χ0n) is 24.6. The monoisotopic (exact) mass is 573 g/mol. The van der Waals surface area contributed by atoms with Gasteiger partial charge in [-0.05, 0) is 48.4 Å². The fraction of sp³-hybridized carbons (Fsp3) is 0.250. The van der Waals surface area contributed by atoms with E-state index < -0.39 is 11.8 Å². The highest BCUT2D eigenvalue weighted by molar-refractivity contribution is 6.07. The van der Waals surface area contributed by atoms with Crippen molar-refractivity contribution in [1.82, 2.24) is 15.2 Å². The number of fused-ring (bicyclic) bond motifs is 1. The highest BCUT2D eigenvalue weighted by Crippen LogP contribution is 2.38. The number of nitrogens with one attached hydrogen (secondary N) is 2. The molecule has 2 N–H and O–H groups in total. The van der Waals surface area contributed by atoms with E-state index in [4.69, 9.17) is 23.7 Å². The predicted octanol–water partition coefficient (Wildman–Crippen LogP) is 4.35. The second kappa shape index (κ2) is 13.5. The fourth-order valence-corrected chi connectivity index (χ4v) is 4.66. The summed E-state index contributed by atoms with van der Waals surface area (Å²) in [6.07, 6.45) is 4.12. The highest BCUT2D eigenvalue weighted by atomic mass is 16.5. The Labute approximate surface area is 244 Å². The van der Waals surface area contributed by atoms with Crippen molar-refractivity contribution in [1.29, 1.82) is 0 Å². The number of nitrogens with zero attached hydrogens (tertiary/aromatic N) is 1. The molecule has 0 radical (unpaired) electrons. The standard InChI is InChI=1S/C32H35N3O7/c1-35-19-22(23-9-7-8-10-25(23)35)16-24(32(37)33-14-13-20-11-12-26(38-2)27(15-20)39-3)34-31(36)21-17-28(40-4)30(42-6)29(18-21)41-5/h7-12,15-19H,13-14H2,1-6H3,(H,33,37)(H,34,36)/b24-16-. The van der Waals surface area contributed by atoms with E-state index in [0.29, 0.717) is 41.7 Å². The minimum Gasteiger partial charge on any atom is -0.493 e. The van der Waals surface area contributed by atoms with Crippen LogP contribution in [0, 0.1) is 0 Å². The van der Waals surface area contributed by atoms with E-state index in [0.717, 1.165) is 22.0 Å². The van der Waals surface area contributed by atoms with E-state index in [9.17, 15) is 9.59 Å². The first kappa shape index (κ1) is 29.9. The lowest BCUT2D eigenvalue weighted by Gasteiger charge is -2.15. The van der Waals surface area contributed by atoms with Crippen LogP contribution in [-0.2, 0) is 18.3 Å². The number of hydrogen-bond acceptors (Lipinski definition) is 7. The first-order valence-corrected chi connectivity index (χ1v) is 13.2. The molecule has 3 aromatic carbocycles. The van der Waals surface area contributed by atoms with Gasteiger partial charge in [0.2, 0.25) is 5.75 Å². The third-order valence-corrected chi connectivity index (χ3v) is 6.79. The van der Waals surface area contributed by atoms with Crippen molar-refractivity contribution in [3.05, 3.63) is 83.2 Å². The van der Waals surface area contributed by atoms with Crippen LogP contribution in [0.15, 0.2) is 66.5 Å². The maximum atomic E-state index is 13.5. The topological polar surface area (TPSA) is 109 Å². The molecule has 1 aromatic heterocycles. The van der Waals surface area contributed by atoms with Gasteiger partial charge in [0.05, 0.1) is 35.5 Å². The maximum absolute atomic E-state index is 13.5. The Morgan fingerprint density at radius 2 is 1.48 bits per heavy atom. The number of amides is 2. The van der Waals surface area contributed by atoms with E-state index in [1.165, 1.54) is 33.5 Å². The van der Waals surface area contributed by atoms with Crippen LogP contribution < -0.4 is 34.3 Å². The summed E-state index contributed by atoms with van der Waals surface area (Å²) in [7, 11) is 9.50. The summed E-state index contributed by atoms with van der Waals surface area (Å²) >= 11 is 0. The summed E-state index contributed by atoms with van der Waals surface area (Å²) in [5, 5.41) is 6.65. The van der Waals surface area contributed by atoms with Gasteiger partial charge in [-0.1, -0.05) is 24.3 Å². The number of hydrogen-bond donors (Lipinski definition) is 2. The SMILES string of the molecule is COc1ccc(CCNC(=O)/C(=C/c2cn(C)c3ccccc23)NC(=O)c2cc(OC)c(OC)c(OC)c2)cc1OC. The van der Waals surface area contributed by atoms with Crippen molar-refractivity contribution < 1.29 is 33.3 Å². The van der Waals surface area contributed by atoms with E-state index in [1.807, 2.05) is 60.3 Å². The lowest BCUT2D eigenvalue weighted by Crippen LogP contribution is -2.35. The van der Waals surface area contributed by atoms with Gasteiger partial charge in [-0.15, -0.1) is 0 Å². The van der Waals surface area contributed by atoms with Gasteiger partial charge in [-0.3, -0.25) is 9.59 Å². The van der Waals surface area contributed by atoms with Crippen molar-refractivity contribution in [2.24, 2.45) is 7.05 Å². The molecule has 0 unspecified atom stereocenters. The van der Waals surface area contributed by atoms with Crippen LogP contribution in [0.1, 0.15) is 21.5 Å². The summed E-state index contributed by atoms with van der Waals surface area (Å²) in [4.78, 5) is 27.0. The quantitative estimate of drug-likeness (QED) is 0.243. The Hall–Kier alpha value is -5.12. The lowest BCUT2D eigenvalue weighted by atomic mass is 10.1. The zero-order valence-corrected chi connectivity index (χ0v) is 24.6. The van der Waals surface area contributed by atoms with E-state index in [2.05, 4.69) is 10.6 Å². The summed E-state index contributed by atoms with van der Waals surface area (Å²) in [5.74, 6) is 1.27. The van der Waals surface area contributed by atoms with Crippen molar-refractivity contribution >= 4 is 28.8 Å². The summed E-state index contributed by atoms with van der Waals surface area (Å²) in [6, 6.07) is 16.5. The Bertz CT molecular complexity index is 1600. The first-order chi connectivity index (χ1) is 20.3. The number of methoxy groups -OCH3 is 5. The molecule has 0 bridgehead atoms. The van der Waals surface area contributed by atoms with Crippen molar-refractivity contribution in [2.75, 3.05) is 42.1 Å². The molecule has 0 fully saturated rings. The van der Waals surface area contributed by atoms with Gasteiger partial charge in [0.15, 0.2) is 23.0 Å². The number of rotatable bonds is 12. The highest BCUT2D eigenvalue weighted by Gasteiger charge is 2.20. The molecule has 4 rings (SSSR count). The molecule has 1 heterocycles. The van der Waals surface area contributed by atoms with E-state index in [-0.39, 0.29) is 11.3 Å². The van der Waals surface area contributed by atoms with Crippen molar-refractivity contribution in [3.63, 3.8) is 0 Å². The average Bonchev–Trinajstić information content (AvgIpc) is 3.34. The average molecular weight is 574 g/mol. The van der Waals surface area contributed by atoms with Crippen molar-refractivity contribution in [2.45, 2.75) is 6.42 Å². The van der Waals surface area contributed by atoms with Gasteiger partial charge in [0.1, 0.15) is 5.70 Å². The molecular weight excluding hydrogens is 538 g/mol. The van der Waals surface area contributed by atoms with Gasteiger partial charge in [-0.25, -0.2) is 0 Å². The number of aromatic nitrogens is 1. The smallest absolute Gasteiger partial charge is 0.267 e. The molecule has 4 aromatic rings. The summed E-state index contributed by atoms with van der Waals surface area (Å²) in [5.41, 5.74) is 3.04. The van der Waals surface area contributed by atoms with Gasteiger partial charge >= 0.3 is 0 Å². The Balaban J connectivity index is 1.62. The second-order valence-electron chi connectivity index (χ2n) is 9.33. The molecule has 2 amide bonds. The molecule has 220 valence electrons. The fourth-order valence-electron chi connectivity index (χ4n) is 4.66. The van der Waals surface area contributed by atoms with Crippen LogP contribution in [-0.4, -0.2) is 58.5 Å². The molecule has 0 saturated heterocycles. The van der Waals surface area contributed by atoms with Crippen LogP contribution in [0.5, 0.6) is 28.7 Å². The molecule has 10 nitrogen and oxygen atoms in total. The molecule has 0 aliphatic heterocycles. The molecular formula is C32H35N3O7. The first-order valence-electron chi connectivity index (χ1n) is 13.2. The Morgan fingerprint density at radius 3 is 2.12 bits per heavy atom. The number of para-hydroxylation sites is 1. The normalized spacial score (nSPS) is 11.1. The minimum atomic E-state index is -0.518. The van der Waals surface area contributed by atoms with Crippen LogP contribution in [0.2, 0.25) is 0 Å². The number of benzene rings is 3. The molecule has 0 saturated carbocycles. The van der Waals surface area contributed by atoms with Crippen molar-refractivity contribution in [3.8, 4) is 28.7 Å². The van der Waals surface area contributed by atoms with Crippen LogP contribution in [0.4, 0.5) is 0 Å². The summed E-state index contributed by atoms with van der Waals surface area (Å²) < 4.78 is 28.8. The molecule has 0 aliphatic rings. The molecule has 0 spiro atoms. The van der Waals surface area contributed by atoms with Gasteiger partial charge in [0, 0.05) is 41.8 Å². The number of aryl methyl sites for hydroxylation is 1. The lowest BCUT2D eigenvalue weighted by molar-refractivity contribution is -0.117. The van der Waals surface area contributed by atoms with Crippen LogP contribution >= 0.6 is 0 Å². The second-order valence-corrected chi connectivity index (χ2v) is 9.33.